The molecule has 19 heteroatoms. The van der Waals surface area contributed by atoms with Gasteiger partial charge in [-0.1, -0.05) is 47.5 Å². The van der Waals surface area contributed by atoms with Crippen molar-refractivity contribution in [3.05, 3.63) is 76.9 Å². The number of ether oxygens (including phenoxy) is 7. The van der Waals surface area contributed by atoms with E-state index in [1.54, 1.807) is 61.3 Å². The fourth-order valence-corrected chi connectivity index (χ4v) is 6.81. The molecule has 5 aromatic rings. The third-order valence-electron chi connectivity index (χ3n) is 9.92. The number of benzene rings is 3. The number of nitrogens with one attached hydrogen (secondary N) is 1. The second kappa shape index (κ2) is 25.3. The SMILES string of the molecule is COCN(CNC(=O)OCCCCCCOc1ccc(-c2nc(-c3ccc(C)cc3C)nc(-c3ccc(C)cc3C)n2)c(O)c1)c1nc(N(COC)COC)nc(N(COC)COC)n1. The molecule has 1 amide bonds. The van der Waals surface area contributed by atoms with Crippen LogP contribution in [0.2, 0.25) is 0 Å². The zero-order chi connectivity index (χ0) is 46.7. The van der Waals surface area contributed by atoms with Crippen LogP contribution < -0.4 is 24.8 Å². The molecule has 0 atom stereocenters. The van der Waals surface area contributed by atoms with Crippen LogP contribution in [-0.4, -0.2) is 130 Å². The number of hydrogen-bond acceptors (Lipinski definition) is 18. The monoisotopic (exact) mass is 898 g/mol. The molecule has 0 radical (unpaired) electrons. The summed E-state index contributed by atoms with van der Waals surface area (Å²) in [5.74, 6) is 2.69. The third kappa shape index (κ3) is 14.4. The van der Waals surface area contributed by atoms with Crippen molar-refractivity contribution in [1.82, 2.24) is 35.2 Å². The van der Waals surface area contributed by atoms with E-state index < -0.39 is 6.09 Å². The summed E-state index contributed by atoms with van der Waals surface area (Å²) in [6, 6.07) is 17.5. The van der Waals surface area contributed by atoms with Crippen LogP contribution in [0.5, 0.6) is 11.5 Å². The van der Waals surface area contributed by atoms with E-state index in [0.717, 1.165) is 52.6 Å². The van der Waals surface area contributed by atoms with Gasteiger partial charge in [-0.3, -0.25) is 14.7 Å². The first kappa shape index (κ1) is 49.8. The first-order valence-corrected chi connectivity index (χ1v) is 21.2. The first-order chi connectivity index (χ1) is 31.5. The molecule has 0 unspecified atom stereocenters. The maximum absolute atomic E-state index is 12.7. The van der Waals surface area contributed by atoms with Gasteiger partial charge in [0.05, 0.1) is 25.4 Å². The van der Waals surface area contributed by atoms with Crippen molar-refractivity contribution in [3.8, 4) is 45.7 Å². The second-order valence-electron chi connectivity index (χ2n) is 15.3. The molecule has 19 nitrogen and oxygen atoms in total. The van der Waals surface area contributed by atoms with Gasteiger partial charge in [-0.15, -0.1) is 0 Å². The standard InChI is InChI=1S/C46H62N10O9/c1-31-14-17-36(33(3)22-31)40-48-41(37-18-15-32(2)23-34(37)4)50-42(49-40)38-19-16-35(24-39(38)57)64-20-12-10-11-13-21-65-46(58)47-25-54(26-59-5)43-51-44(55(27-60-6)28-61-7)53-45(52-43)56(29-62-8)30-63-9/h14-19,22-24,57H,10-13,20-21,25-30H2,1-9H3,(H,47,58). The predicted molar refractivity (Wildman–Crippen MR) is 247 cm³/mol. The van der Waals surface area contributed by atoms with Crippen LogP contribution >= 0.6 is 0 Å². The Labute approximate surface area is 381 Å². The maximum atomic E-state index is 12.7. The molecule has 0 saturated heterocycles. The van der Waals surface area contributed by atoms with Crippen molar-refractivity contribution in [2.24, 2.45) is 0 Å². The van der Waals surface area contributed by atoms with Gasteiger partial charge in [0.15, 0.2) is 17.5 Å². The molecule has 0 aliphatic rings. The third-order valence-corrected chi connectivity index (χ3v) is 9.92. The topological polar surface area (TPSA) is 201 Å². The number of unbranched alkanes of at least 4 members (excludes halogenated alkanes) is 3. The largest absolute Gasteiger partial charge is 0.507 e. The van der Waals surface area contributed by atoms with Gasteiger partial charge in [-0.2, -0.15) is 15.0 Å². The number of carbonyl (C=O) groups is 1. The van der Waals surface area contributed by atoms with E-state index in [9.17, 15) is 9.90 Å². The number of aromatic hydroxyl groups is 1. The lowest BCUT2D eigenvalue weighted by atomic mass is 10.0. The highest BCUT2D eigenvalue weighted by Gasteiger charge is 2.22. The number of anilines is 3. The van der Waals surface area contributed by atoms with E-state index in [-0.39, 0.29) is 70.5 Å². The summed E-state index contributed by atoms with van der Waals surface area (Å²) in [6.07, 6.45) is 2.49. The molecule has 2 heterocycles. The minimum Gasteiger partial charge on any atom is -0.507 e. The van der Waals surface area contributed by atoms with E-state index in [1.165, 1.54) is 7.11 Å². The number of phenols is 1. The number of rotatable bonds is 26. The normalized spacial score (nSPS) is 11.1. The quantitative estimate of drug-likeness (QED) is 0.0435. The van der Waals surface area contributed by atoms with E-state index in [1.807, 2.05) is 38.1 Å². The molecule has 2 aromatic heterocycles. The second-order valence-corrected chi connectivity index (χ2v) is 15.3. The summed E-state index contributed by atoms with van der Waals surface area (Å²) in [5.41, 5.74) is 6.65. The number of hydrogen-bond donors (Lipinski definition) is 2. The lowest BCUT2D eigenvalue weighted by molar-refractivity contribution is 0.136. The zero-order valence-electron chi connectivity index (χ0n) is 38.9. The fourth-order valence-electron chi connectivity index (χ4n) is 6.81. The van der Waals surface area contributed by atoms with Crippen LogP contribution in [0.3, 0.4) is 0 Å². The molecule has 0 spiro atoms. The number of methoxy groups -OCH3 is 5. The average molecular weight is 899 g/mol. The van der Waals surface area contributed by atoms with Crippen LogP contribution in [0.4, 0.5) is 22.6 Å². The summed E-state index contributed by atoms with van der Waals surface area (Å²) in [7, 11) is 7.72. The Bertz CT molecular complexity index is 2190. The Kier molecular flexibility index (Phi) is 19.4. The molecule has 65 heavy (non-hydrogen) atoms. The highest BCUT2D eigenvalue weighted by atomic mass is 16.5. The van der Waals surface area contributed by atoms with Gasteiger partial charge in [0.2, 0.25) is 17.8 Å². The molecular weight excluding hydrogens is 837 g/mol. The molecule has 0 fully saturated rings. The summed E-state index contributed by atoms with van der Waals surface area (Å²) in [4.78, 5) is 46.1. The van der Waals surface area contributed by atoms with E-state index in [0.29, 0.717) is 41.8 Å². The maximum Gasteiger partial charge on any atom is 0.408 e. The van der Waals surface area contributed by atoms with Crippen molar-refractivity contribution in [3.63, 3.8) is 0 Å². The molecule has 3 aromatic carbocycles. The average Bonchev–Trinajstić information content (AvgIpc) is 3.28. The molecule has 0 bridgehead atoms. The molecule has 5 rings (SSSR count). The van der Waals surface area contributed by atoms with E-state index >= 15 is 0 Å². The number of aromatic nitrogens is 6. The number of aryl methyl sites for hydroxylation is 4. The summed E-state index contributed by atoms with van der Waals surface area (Å²) in [5, 5.41) is 14.0. The minimum absolute atomic E-state index is 0.00187. The van der Waals surface area contributed by atoms with Crippen LogP contribution in [0, 0.1) is 27.7 Å². The molecule has 0 aliphatic heterocycles. The lowest BCUT2D eigenvalue weighted by Crippen LogP contribution is -2.41. The van der Waals surface area contributed by atoms with Crippen molar-refractivity contribution < 1.29 is 43.1 Å². The summed E-state index contributed by atoms with van der Waals surface area (Å²) in [6.45, 7) is 9.43. The minimum atomic E-state index is -0.604. The molecule has 0 saturated carbocycles. The van der Waals surface area contributed by atoms with Gasteiger partial charge in [0, 0.05) is 52.7 Å². The van der Waals surface area contributed by atoms with Crippen molar-refractivity contribution in [1.29, 1.82) is 0 Å². The fraction of sp³-hybridized carbons (Fsp3) is 0.457. The zero-order valence-corrected chi connectivity index (χ0v) is 38.9. The number of nitrogens with zero attached hydrogens (tertiary/aromatic N) is 9. The van der Waals surface area contributed by atoms with Gasteiger partial charge in [0.25, 0.3) is 0 Å². The van der Waals surface area contributed by atoms with Crippen LogP contribution in [0.15, 0.2) is 54.6 Å². The summed E-state index contributed by atoms with van der Waals surface area (Å²) >= 11 is 0. The van der Waals surface area contributed by atoms with Gasteiger partial charge in [0.1, 0.15) is 45.2 Å². The Hall–Kier alpha value is -6.25. The Morgan fingerprint density at radius 3 is 1.43 bits per heavy atom. The van der Waals surface area contributed by atoms with Gasteiger partial charge < -0.3 is 43.6 Å². The van der Waals surface area contributed by atoms with Gasteiger partial charge in [-0.05, 0) is 76.6 Å². The van der Waals surface area contributed by atoms with Crippen molar-refractivity contribution >= 4 is 23.9 Å². The highest BCUT2D eigenvalue weighted by molar-refractivity contribution is 5.72. The molecule has 2 N–H and O–H groups in total. The Morgan fingerprint density at radius 1 is 0.538 bits per heavy atom. The van der Waals surface area contributed by atoms with Crippen LogP contribution in [0.1, 0.15) is 47.9 Å². The predicted octanol–water partition coefficient (Wildman–Crippen LogP) is 6.76. The molecule has 350 valence electrons. The molecule has 0 aliphatic carbocycles. The van der Waals surface area contributed by atoms with Gasteiger partial charge in [-0.25, -0.2) is 19.7 Å². The highest BCUT2D eigenvalue weighted by Crippen LogP contribution is 2.34. The van der Waals surface area contributed by atoms with E-state index in [4.69, 9.17) is 48.1 Å². The van der Waals surface area contributed by atoms with Crippen molar-refractivity contribution in [2.45, 2.75) is 53.4 Å². The Morgan fingerprint density at radius 2 is 0.969 bits per heavy atom. The molecular formula is C46H62N10O9. The van der Waals surface area contributed by atoms with Crippen molar-refractivity contribution in [2.75, 3.05) is 104 Å². The number of alkyl carbamates (subject to hydrolysis) is 1. The smallest absolute Gasteiger partial charge is 0.408 e. The van der Waals surface area contributed by atoms with E-state index in [2.05, 4.69) is 46.2 Å². The Balaban J connectivity index is 1.12. The number of phenolic OH excluding ortho intramolecular Hbond substituents is 1. The number of amides is 1. The summed E-state index contributed by atoms with van der Waals surface area (Å²) < 4.78 is 38.2. The van der Waals surface area contributed by atoms with Crippen LogP contribution in [-0.2, 0) is 28.4 Å². The van der Waals surface area contributed by atoms with Gasteiger partial charge >= 0.3 is 6.09 Å². The lowest BCUT2D eigenvalue weighted by Gasteiger charge is -2.27. The van der Waals surface area contributed by atoms with Crippen LogP contribution in [0.25, 0.3) is 34.2 Å². The number of carbonyl (C=O) groups excluding carboxylic acids is 1. The first-order valence-electron chi connectivity index (χ1n) is 21.2.